The van der Waals surface area contributed by atoms with Crippen LogP contribution in [0, 0.1) is 0 Å². The van der Waals surface area contributed by atoms with Crippen molar-refractivity contribution in [3.05, 3.63) is 60.2 Å². The van der Waals surface area contributed by atoms with Crippen molar-refractivity contribution in [1.82, 2.24) is 4.72 Å². The van der Waals surface area contributed by atoms with Crippen LogP contribution in [0.1, 0.15) is 18.4 Å². The van der Waals surface area contributed by atoms with Gasteiger partial charge in [-0.15, -0.1) is 11.8 Å². The molecule has 0 unspecified atom stereocenters. The van der Waals surface area contributed by atoms with Crippen molar-refractivity contribution in [1.29, 1.82) is 0 Å². The number of benzene rings is 2. The van der Waals surface area contributed by atoms with Gasteiger partial charge in [-0.25, -0.2) is 13.1 Å². The van der Waals surface area contributed by atoms with Gasteiger partial charge in [0.15, 0.2) is 0 Å². The van der Waals surface area contributed by atoms with Crippen LogP contribution >= 0.6 is 11.8 Å². The summed E-state index contributed by atoms with van der Waals surface area (Å²) < 4.78 is 70.9. The highest BCUT2D eigenvalue weighted by atomic mass is 32.2. The largest absolute Gasteiger partial charge is 0.416 e. The van der Waals surface area contributed by atoms with Crippen LogP contribution in [0.15, 0.2) is 64.4 Å². The number of thioether (sulfide) groups is 1. The molecule has 1 aliphatic rings. The van der Waals surface area contributed by atoms with Crippen molar-refractivity contribution in [2.45, 2.75) is 33.6 Å². The molecule has 0 amide bonds. The molecular weight excluding hydrogens is 411 g/mol. The third-order valence-corrected chi connectivity index (χ3v) is 7.47. The maximum atomic E-state index is 12.7. The van der Waals surface area contributed by atoms with E-state index in [0.717, 1.165) is 29.2 Å². The molecule has 4 nitrogen and oxygen atoms in total. The first-order valence-corrected chi connectivity index (χ1v) is 11.0. The van der Waals surface area contributed by atoms with Crippen molar-refractivity contribution in [3.63, 3.8) is 0 Å². The molecule has 0 aliphatic carbocycles. The maximum Gasteiger partial charge on any atom is 0.416 e. The number of halogens is 3. The lowest BCUT2D eigenvalue weighted by Crippen LogP contribution is -2.44. The molecule has 0 saturated carbocycles. The summed E-state index contributed by atoms with van der Waals surface area (Å²) >= 11 is 1.60. The van der Waals surface area contributed by atoms with E-state index >= 15 is 0 Å². The summed E-state index contributed by atoms with van der Waals surface area (Å²) in [6, 6.07) is 13.2. The van der Waals surface area contributed by atoms with Crippen LogP contribution in [0.2, 0.25) is 0 Å². The molecule has 1 heterocycles. The number of hydrogen-bond acceptors (Lipinski definition) is 4. The number of ether oxygens (including phenoxy) is 1. The molecule has 1 fully saturated rings. The van der Waals surface area contributed by atoms with E-state index in [9.17, 15) is 21.6 Å². The molecule has 2 aromatic rings. The summed E-state index contributed by atoms with van der Waals surface area (Å²) in [6.07, 6.45) is -3.17. The Balaban J connectivity index is 1.74. The van der Waals surface area contributed by atoms with Gasteiger partial charge in [0.05, 0.1) is 10.5 Å². The minimum Gasteiger partial charge on any atom is -0.381 e. The summed E-state index contributed by atoms with van der Waals surface area (Å²) in [5, 5.41) is 0. The molecule has 9 heteroatoms. The molecule has 1 aliphatic heterocycles. The van der Waals surface area contributed by atoms with E-state index in [2.05, 4.69) is 4.72 Å². The third-order valence-electron chi connectivity index (χ3n) is 4.56. The zero-order chi connectivity index (χ0) is 20.3. The van der Waals surface area contributed by atoms with E-state index in [0.29, 0.717) is 26.1 Å². The highest BCUT2D eigenvalue weighted by molar-refractivity contribution is 8.00. The summed E-state index contributed by atoms with van der Waals surface area (Å²) in [5.41, 5.74) is -0.882. The smallest absolute Gasteiger partial charge is 0.381 e. The molecule has 1 saturated heterocycles. The van der Waals surface area contributed by atoms with Crippen LogP contribution in [0.3, 0.4) is 0 Å². The fourth-order valence-electron chi connectivity index (χ4n) is 2.93. The topological polar surface area (TPSA) is 55.4 Å². The molecular formula is C19H20F3NO3S2. The molecule has 0 spiro atoms. The number of hydrogen-bond donors (Lipinski definition) is 1. The minimum absolute atomic E-state index is 0.166. The summed E-state index contributed by atoms with van der Waals surface area (Å²) in [7, 11) is -3.92. The van der Waals surface area contributed by atoms with Crippen LogP contribution in [0.5, 0.6) is 0 Å². The maximum absolute atomic E-state index is 12.7. The van der Waals surface area contributed by atoms with E-state index in [1.54, 1.807) is 11.8 Å². The Morgan fingerprint density at radius 3 is 2.18 bits per heavy atom. The Hall–Kier alpha value is -1.55. The first-order valence-electron chi connectivity index (χ1n) is 8.69. The first kappa shape index (κ1) is 21.2. The predicted molar refractivity (Wildman–Crippen MR) is 102 cm³/mol. The second-order valence-corrected chi connectivity index (χ2v) is 9.87. The molecule has 0 bridgehead atoms. The average molecular weight is 432 g/mol. The van der Waals surface area contributed by atoms with Crippen LogP contribution in [-0.2, 0) is 20.9 Å². The van der Waals surface area contributed by atoms with E-state index < -0.39 is 21.8 Å². The van der Waals surface area contributed by atoms with E-state index in [1.807, 2.05) is 30.3 Å². The number of sulfonamides is 1. The molecule has 0 aromatic heterocycles. The fourth-order valence-corrected chi connectivity index (χ4v) is 5.46. The third kappa shape index (κ3) is 5.28. The predicted octanol–water partition coefficient (Wildman–Crippen LogP) is 4.33. The highest BCUT2D eigenvalue weighted by Crippen LogP contribution is 2.40. The van der Waals surface area contributed by atoms with Crippen molar-refractivity contribution >= 4 is 21.8 Å². The van der Waals surface area contributed by atoms with Crippen molar-refractivity contribution in [2.24, 2.45) is 0 Å². The van der Waals surface area contributed by atoms with Gasteiger partial charge in [-0.2, -0.15) is 13.2 Å². The van der Waals surface area contributed by atoms with E-state index in [4.69, 9.17) is 4.74 Å². The molecule has 0 atom stereocenters. The van der Waals surface area contributed by atoms with Gasteiger partial charge < -0.3 is 4.74 Å². The molecule has 28 heavy (non-hydrogen) atoms. The van der Waals surface area contributed by atoms with Crippen molar-refractivity contribution in [3.8, 4) is 0 Å². The van der Waals surface area contributed by atoms with Crippen LogP contribution in [-0.4, -0.2) is 32.9 Å². The van der Waals surface area contributed by atoms with Crippen molar-refractivity contribution < 1.29 is 26.3 Å². The van der Waals surface area contributed by atoms with Gasteiger partial charge in [-0.05, 0) is 49.2 Å². The number of nitrogens with one attached hydrogen (secondary N) is 1. The Morgan fingerprint density at radius 2 is 1.61 bits per heavy atom. The Morgan fingerprint density at radius 1 is 1.00 bits per heavy atom. The molecule has 0 radical (unpaired) electrons. The quantitative estimate of drug-likeness (QED) is 0.740. The van der Waals surface area contributed by atoms with Crippen molar-refractivity contribution in [2.75, 3.05) is 19.8 Å². The normalized spacial score (nSPS) is 17.4. The lowest BCUT2D eigenvalue weighted by atomic mass is 9.99. The highest BCUT2D eigenvalue weighted by Gasteiger charge is 2.35. The fraction of sp³-hybridized carbons (Fsp3) is 0.368. The van der Waals surface area contributed by atoms with Gasteiger partial charge in [0.2, 0.25) is 10.0 Å². The van der Waals surface area contributed by atoms with Gasteiger partial charge in [-0.3, -0.25) is 0 Å². The number of rotatable bonds is 6. The molecule has 1 N–H and O–H groups in total. The van der Waals surface area contributed by atoms with Gasteiger partial charge in [-0.1, -0.05) is 18.2 Å². The molecule has 2 aromatic carbocycles. The van der Waals surface area contributed by atoms with Crippen LogP contribution in [0.25, 0.3) is 0 Å². The Labute approximate surface area is 166 Å². The van der Waals surface area contributed by atoms with Gasteiger partial charge in [0, 0.05) is 29.4 Å². The zero-order valence-electron chi connectivity index (χ0n) is 14.9. The minimum atomic E-state index is -4.51. The lowest BCUT2D eigenvalue weighted by Gasteiger charge is -2.36. The monoisotopic (exact) mass is 431 g/mol. The SMILES string of the molecule is O=S(=O)(NCC1(Sc2ccccc2)CCOCC1)c1ccc(C(F)(F)F)cc1. The van der Waals surface area contributed by atoms with Crippen LogP contribution in [0.4, 0.5) is 13.2 Å². The Bertz CT molecular complexity index is 879. The number of alkyl halides is 3. The van der Waals surface area contributed by atoms with E-state index in [-0.39, 0.29) is 16.2 Å². The Kier molecular flexibility index (Phi) is 6.38. The summed E-state index contributed by atoms with van der Waals surface area (Å²) in [6.45, 7) is 1.23. The molecule has 152 valence electrons. The van der Waals surface area contributed by atoms with Gasteiger partial charge in [0.25, 0.3) is 0 Å². The summed E-state index contributed by atoms with van der Waals surface area (Å²) in [5.74, 6) is 0. The second-order valence-electron chi connectivity index (χ2n) is 6.56. The van der Waals surface area contributed by atoms with Gasteiger partial charge >= 0.3 is 6.18 Å². The van der Waals surface area contributed by atoms with Gasteiger partial charge in [0.1, 0.15) is 0 Å². The van der Waals surface area contributed by atoms with Crippen LogP contribution < -0.4 is 4.72 Å². The standard InChI is InChI=1S/C19H20F3NO3S2/c20-19(21,22)15-6-8-17(9-7-15)28(24,25)23-14-18(10-12-26-13-11-18)27-16-4-2-1-3-5-16/h1-9,23H,10-14H2. The summed E-state index contributed by atoms with van der Waals surface area (Å²) in [4.78, 5) is 0.838. The first-order chi connectivity index (χ1) is 13.2. The molecule has 3 rings (SSSR count). The zero-order valence-corrected chi connectivity index (χ0v) is 16.5. The lowest BCUT2D eigenvalue weighted by molar-refractivity contribution is -0.137. The second kappa shape index (κ2) is 8.44. The average Bonchev–Trinajstić information content (AvgIpc) is 2.68. The van der Waals surface area contributed by atoms with E-state index in [1.165, 1.54) is 0 Å².